The second kappa shape index (κ2) is 14.6. The van der Waals surface area contributed by atoms with Crippen LogP contribution in [0.4, 0.5) is 0 Å². The Labute approximate surface area is 269 Å². The van der Waals surface area contributed by atoms with Crippen molar-refractivity contribution in [2.24, 2.45) is 0 Å². The molecule has 0 bridgehead atoms. The van der Waals surface area contributed by atoms with Gasteiger partial charge in [0.05, 0.1) is 53.5 Å². The van der Waals surface area contributed by atoms with Gasteiger partial charge in [0, 0.05) is 16.9 Å². The van der Waals surface area contributed by atoms with Gasteiger partial charge in [-0.15, -0.1) is 10.2 Å². The van der Waals surface area contributed by atoms with E-state index in [0.717, 1.165) is 33.1 Å². The Bertz CT molecular complexity index is 1940. The first-order valence-corrected chi connectivity index (χ1v) is 18.4. The highest BCUT2D eigenvalue weighted by Crippen LogP contribution is 2.27. The zero-order chi connectivity index (χ0) is 32.0. The van der Waals surface area contributed by atoms with Gasteiger partial charge in [0.2, 0.25) is 28.4 Å². The predicted molar refractivity (Wildman–Crippen MR) is 172 cm³/mol. The first-order valence-electron chi connectivity index (χ1n) is 13.8. The molecule has 4 aromatic heterocycles. The van der Waals surface area contributed by atoms with Crippen LogP contribution in [-0.4, -0.2) is 90.0 Å². The Morgan fingerprint density at radius 1 is 0.778 bits per heavy atom. The largest absolute Gasteiger partial charge is 0.491 e. The summed E-state index contributed by atoms with van der Waals surface area (Å²) in [6, 6.07) is 14.8. The normalized spacial score (nSPS) is 12.3. The molecule has 17 heteroatoms. The van der Waals surface area contributed by atoms with Crippen LogP contribution in [0.15, 0.2) is 69.6 Å². The van der Waals surface area contributed by atoms with Crippen LogP contribution in [0.5, 0.6) is 11.5 Å². The van der Waals surface area contributed by atoms with Crippen LogP contribution >= 0.6 is 22.7 Å². The minimum absolute atomic E-state index is 0.00773. The Kier molecular flexibility index (Phi) is 10.6. The summed E-state index contributed by atoms with van der Waals surface area (Å²) in [6.45, 7) is 3.94. The van der Waals surface area contributed by atoms with Crippen molar-refractivity contribution >= 4 is 53.2 Å². The van der Waals surface area contributed by atoms with Gasteiger partial charge in [-0.05, 0) is 48.5 Å². The molecule has 0 saturated heterocycles. The number of nitrogens with zero attached hydrogens (tertiary/aromatic N) is 6. The lowest BCUT2D eigenvalue weighted by molar-refractivity contribution is 0.201. The molecule has 45 heavy (non-hydrogen) atoms. The molecule has 0 amide bonds. The third-order valence-corrected chi connectivity index (χ3v) is 11.8. The molecular weight excluding hydrogens is 661 g/mol. The van der Waals surface area contributed by atoms with Gasteiger partial charge >= 0.3 is 0 Å². The van der Waals surface area contributed by atoms with Gasteiger partial charge < -0.3 is 19.7 Å². The van der Waals surface area contributed by atoms with Crippen LogP contribution in [0, 0.1) is 0 Å². The lowest BCUT2D eigenvalue weighted by Gasteiger charge is -2.04. The molecule has 6 rings (SSSR count). The number of aliphatic hydroxyl groups excluding tert-OH is 2. The van der Waals surface area contributed by atoms with E-state index in [4.69, 9.17) is 19.7 Å². The highest BCUT2D eigenvalue weighted by atomic mass is 32.2. The topological polar surface area (TPSA) is 171 Å². The van der Waals surface area contributed by atoms with Crippen LogP contribution in [0.25, 0.3) is 32.4 Å². The number of aliphatic hydroxyl groups is 2. The highest BCUT2D eigenvalue weighted by Gasteiger charge is 2.19. The van der Waals surface area contributed by atoms with E-state index in [-0.39, 0.29) is 36.5 Å². The van der Waals surface area contributed by atoms with E-state index in [1.54, 1.807) is 29.8 Å². The molecular formula is C28H30N6O7S4. The second-order valence-corrected chi connectivity index (χ2v) is 15.5. The lowest BCUT2D eigenvalue weighted by atomic mass is 10.2. The third kappa shape index (κ3) is 7.74. The number of imidazole rings is 2. The number of ether oxygens (including phenoxy) is 2. The van der Waals surface area contributed by atoms with Crippen LogP contribution in [0.2, 0.25) is 0 Å². The van der Waals surface area contributed by atoms with Gasteiger partial charge in [-0.2, -0.15) is 0 Å². The molecule has 0 radical (unpaired) electrons. The molecule has 0 fully saturated rings. The van der Waals surface area contributed by atoms with Gasteiger partial charge in [0.25, 0.3) is 0 Å². The minimum atomic E-state index is -3.31. The van der Waals surface area contributed by atoms with Crippen molar-refractivity contribution in [3.63, 3.8) is 0 Å². The molecule has 1 unspecified atom stereocenters. The molecule has 0 aliphatic heterocycles. The number of aromatic nitrogens is 6. The fraction of sp³-hybridized carbons (Fsp3) is 0.286. The van der Waals surface area contributed by atoms with Crippen molar-refractivity contribution in [3.05, 3.63) is 60.9 Å². The van der Waals surface area contributed by atoms with Crippen LogP contribution in [0.1, 0.15) is 13.8 Å². The van der Waals surface area contributed by atoms with Crippen molar-refractivity contribution in [1.82, 2.24) is 29.2 Å². The molecule has 0 aliphatic rings. The number of fused-ring (bicyclic) bond motifs is 2. The van der Waals surface area contributed by atoms with Gasteiger partial charge in [-0.25, -0.2) is 27.4 Å². The summed E-state index contributed by atoms with van der Waals surface area (Å²) in [4.78, 5) is 10.2. The van der Waals surface area contributed by atoms with Crippen LogP contribution in [0.3, 0.4) is 0 Å². The summed E-state index contributed by atoms with van der Waals surface area (Å²) >= 11 is 2.41. The molecule has 238 valence electrons. The zero-order valence-corrected chi connectivity index (χ0v) is 27.5. The lowest BCUT2D eigenvalue weighted by Crippen LogP contribution is -2.03. The van der Waals surface area contributed by atoms with E-state index in [2.05, 4.69) is 20.2 Å². The van der Waals surface area contributed by atoms with E-state index in [9.17, 15) is 12.6 Å². The van der Waals surface area contributed by atoms with Crippen molar-refractivity contribution < 1.29 is 32.3 Å². The van der Waals surface area contributed by atoms with Crippen molar-refractivity contribution in [1.29, 1.82) is 0 Å². The summed E-state index contributed by atoms with van der Waals surface area (Å²) in [6.07, 6.45) is 3.52. The van der Waals surface area contributed by atoms with Gasteiger partial charge in [0.15, 0.2) is 0 Å². The Hall–Kier alpha value is -3.74. The van der Waals surface area contributed by atoms with E-state index in [0.29, 0.717) is 32.2 Å². The van der Waals surface area contributed by atoms with Gasteiger partial charge in [-0.3, -0.25) is 4.21 Å². The summed E-state index contributed by atoms with van der Waals surface area (Å²) in [5.74, 6) is 1.95. The molecule has 1 atom stereocenters. The molecule has 0 spiro atoms. The molecule has 0 saturated carbocycles. The fourth-order valence-corrected chi connectivity index (χ4v) is 8.03. The average Bonchev–Trinajstić information content (AvgIpc) is 3.83. The van der Waals surface area contributed by atoms with E-state index in [1.165, 1.54) is 15.9 Å². The summed E-state index contributed by atoms with van der Waals surface area (Å²) < 4.78 is 49.9. The third-order valence-electron chi connectivity index (χ3n) is 6.17. The predicted octanol–water partition coefficient (Wildman–Crippen LogP) is 3.58. The molecule has 6 aromatic rings. The molecule has 2 aromatic carbocycles. The van der Waals surface area contributed by atoms with E-state index < -0.39 is 20.6 Å². The van der Waals surface area contributed by atoms with Crippen molar-refractivity contribution in [2.45, 2.75) is 22.5 Å². The minimum Gasteiger partial charge on any atom is -0.491 e. The first-order chi connectivity index (χ1) is 21.7. The standard InChI is InChI=1S/C14H15N3O4S2.C14H15N3O3S2/c1-2-23(19,20)14-16-17-9-12(15-13(17)22-14)10-3-5-11(6-4-10)21-8-7-18;1-2-22(19)14-16-17-9-12(15-13(17)21-14)10-3-5-11(6-4-10)20-8-7-18/h3-6,9,18H,2,7-8H2,1H3;3-6,9,18H,2,7-8H2,1H3. The maximum Gasteiger partial charge on any atom is 0.232 e. The Morgan fingerprint density at radius 2 is 1.27 bits per heavy atom. The Balaban J connectivity index is 0.000000178. The van der Waals surface area contributed by atoms with Crippen molar-refractivity contribution in [2.75, 3.05) is 37.9 Å². The average molecular weight is 691 g/mol. The fourth-order valence-electron chi connectivity index (χ4n) is 3.88. The van der Waals surface area contributed by atoms with Gasteiger partial charge in [-0.1, -0.05) is 36.5 Å². The van der Waals surface area contributed by atoms with Crippen LogP contribution in [-0.2, 0) is 20.6 Å². The number of hydrogen-bond acceptors (Lipinski definition) is 13. The highest BCUT2D eigenvalue weighted by molar-refractivity contribution is 7.93. The maximum atomic E-state index is 11.8. The molecule has 4 heterocycles. The van der Waals surface area contributed by atoms with Crippen LogP contribution < -0.4 is 9.47 Å². The molecule has 0 aliphatic carbocycles. The smallest absolute Gasteiger partial charge is 0.232 e. The summed E-state index contributed by atoms with van der Waals surface area (Å²) in [5.41, 5.74) is 3.34. The van der Waals surface area contributed by atoms with E-state index in [1.807, 2.05) is 49.5 Å². The first kappa shape index (κ1) is 32.6. The second-order valence-electron chi connectivity index (χ2n) is 9.17. The summed E-state index contributed by atoms with van der Waals surface area (Å²) in [7, 11) is -4.36. The Morgan fingerprint density at radius 3 is 1.69 bits per heavy atom. The quantitative estimate of drug-likeness (QED) is 0.192. The number of sulfone groups is 1. The zero-order valence-electron chi connectivity index (χ0n) is 24.3. The number of benzene rings is 2. The molecule has 13 nitrogen and oxygen atoms in total. The summed E-state index contributed by atoms with van der Waals surface area (Å²) in [5, 5.41) is 25.9. The monoisotopic (exact) mass is 690 g/mol. The maximum absolute atomic E-state index is 11.8. The number of rotatable bonds is 12. The van der Waals surface area contributed by atoms with Crippen molar-refractivity contribution in [3.8, 4) is 34.0 Å². The van der Waals surface area contributed by atoms with E-state index >= 15 is 0 Å². The molecule has 2 N–H and O–H groups in total. The van der Waals surface area contributed by atoms with Gasteiger partial charge in [0.1, 0.15) is 24.7 Å². The SMILES string of the molecule is CCS(=O)(=O)c1nn2cc(-c3ccc(OCCO)cc3)nc2s1.CCS(=O)c1nn2cc(-c3ccc(OCCO)cc3)nc2s1. The number of hydrogen-bond donors (Lipinski definition) is 2.